The molecule has 0 aromatic rings. The Morgan fingerprint density at radius 1 is 1.32 bits per heavy atom. The number of likely N-dealkylation sites (N-methyl/N-ethyl adjacent to an activating group) is 1. The van der Waals surface area contributed by atoms with Crippen LogP contribution >= 0.6 is 0 Å². The van der Waals surface area contributed by atoms with E-state index in [-0.39, 0.29) is 0 Å². The standard InChI is InChI=1S/C15H31N3O/c1-13(11-16-12-15-5-4-10-19-15)18(3)14-6-8-17(2)9-7-14/h13-16H,4-12H2,1-3H3. The summed E-state index contributed by atoms with van der Waals surface area (Å²) in [5, 5.41) is 3.58. The Morgan fingerprint density at radius 3 is 2.68 bits per heavy atom. The Morgan fingerprint density at radius 2 is 2.05 bits per heavy atom. The molecule has 2 aliphatic heterocycles. The largest absolute Gasteiger partial charge is 0.377 e. The van der Waals surface area contributed by atoms with E-state index in [0.717, 1.165) is 25.7 Å². The Hall–Kier alpha value is -0.160. The minimum absolute atomic E-state index is 0.459. The summed E-state index contributed by atoms with van der Waals surface area (Å²) in [5.74, 6) is 0. The van der Waals surface area contributed by atoms with Crippen LogP contribution in [0.25, 0.3) is 0 Å². The molecule has 0 amide bonds. The van der Waals surface area contributed by atoms with Gasteiger partial charge in [0, 0.05) is 31.8 Å². The molecule has 0 aliphatic carbocycles. The van der Waals surface area contributed by atoms with Gasteiger partial charge in [0.15, 0.2) is 0 Å². The maximum Gasteiger partial charge on any atom is 0.0700 e. The third-order valence-corrected chi connectivity index (χ3v) is 4.80. The molecule has 2 fully saturated rings. The van der Waals surface area contributed by atoms with Crippen LogP contribution in [0.1, 0.15) is 32.6 Å². The minimum Gasteiger partial charge on any atom is -0.377 e. The zero-order chi connectivity index (χ0) is 13.7. The van der Waals surface area contributed by atoms with Crippen LogP contribution in [0, 0.1) is 0 Å². The predicted octanol–water partition coefficient (Wildman–Crippen LogP) is 1.17. The molecule has 0 saturated carbocycles. The highest BCUT2D eigenvalue weighted by Gasteiger charge is 2.23. The first-order valence-corrected chi connectivity index (χ1v) is 7.89. The first kappa shape index (κ1) is 15.2. The summed E-state index contributed by atoms with van der Waals surface area (Å²) in [6.45, 7) is 7.86. The number of nitrogens with zero attached hydrogens (tertiary/aromatic N) is 2. The van der Waals surface area contributed by atoms with Crippen molar-refractivity contribution in [3.05, 3.63) is 0 Å². The lowest BCUT2D eigenvalue weighted by atomic mass is 10.0. The number of nitrogens with one attached hydrogen (secondary N) is 1. The SMILES string of the molecule is CC(CNCC1CCCO1)N(C)C1CCN(C)CC1. The fourth-order valence-electron chi connectivity index (χ4n) is 3.16. The second-order valence-corrected chi connectivity index (χ2v) is 6.34. The smallest absolute Gasteiger partial charge is 0.0700 e. The average Bonchev–Trinajstić information content (AvgIpc) is 2.92. The molecule has 19 heavy (non-hydrogen) atoms. The number of hydrogen-bond donors (Lipinski definition) is 1. The van der Waals surface area contributed by atoms with Gasteiger partial charge >= 0.3 is 0 Å². The second-order valence-electron chi connectivity index (χ2n) is 6.34. The van der Waals surface area contributed by atoms with Crippen molar-refractivity contribution in [2.45, 2.75) is 50.8 Å². The van der Waals surface area contributed by atoms with Gasteiger partial charge in [-0.1, -0.05) is 0 Å². The van der Waals surface area contributed by atoms with Gasteiger partial charge in [-0.3, -0.25) is 4.90 Å². The fourth-order valence-corrected chi connectivity index (χ4v) is 3.16. The van der Waals surface area contributed by atoms with E-state index in [4.69, 9.17) is 4.74 Å². The molecule has 2 unspecified atom stereocenters. The highest BCUT2D eigenvalue weighted by atomic mass is 16.5. The van der Waals surface area contributed by atoms with Crippen LogP contribution in [-0.2, 0) is 4.74 Å². The topological polar surface area (TPSA) is 27.7 Å². The molecule has 0 aromatic carbocycles. The number of likely N-dealkylation sites (tertiary alicyclic amines) is 1. The van der Waals surface area contributed by atoms with Gasteiger partial charge in [-0.2, -0.15) is 0 Å². The highest BCUT2D eigenvalue weighted by Crippen LogP contribution is 2.16. The molecule has 2 atom stereocenters. The van der Waals surface area contributed by atoms with Crippen molar-refractivity contribution in [1.29, 1.82) is 0 Å². The zero-order valence-electron chi connectivity index (χ0n) is 12.9. The van der Waals surface area contributed by atoms with Crippen molar-refractivity contribution in [2.24, 2.45) is 0 Å². The lowest BCUT2D eigenvalue weighted by molar-refractivity contribution is 0.0971. The molecule has 0 aromatic heterocycles. The van der Waals surface area contributed by atoms with Gasteiger partial charge in [0.1, 0.15) is 0 Å². The van der Waals surface area contributed by atoms with Gasteiger partial charge < -0.3 is 15.0 Å². The average molecular weight is 269 g/mol. The third-order valence-electron chi connectivity index (χ3n) is 4.80. The molecule has 0 bridgehead atoms. The van der Waals surface area contributed by atoms with Crippen molar-refractivity contribution < 1.29 is 4.74 Å². The first-order valence-electron chi connectivity index (χ1n) is 7.89. The molecular weight excluding hydrogens is 238 g/mol. The maximum absolute atomic E-state index is 5.64. The van der Waals surface area contributed by atoms with E-state index >= 15 is 0 Å². The number of ether oxygens (including phenoxy) is 1. The molecule has 4 nitrogen and oxygen atoms in total. The van der Waals surface area contributed by atoms with Crippen LogP contribution in [0.15, 0.2) is 0 Å². The maximum atomic E-state index is 5.64. The van der Waals surface area contributed by atoms with Gasteiger partial charge in [-0.25, -0.2) is 0 Å². The Balaban J connectivity index is 1.62. The van der Waals surface area contributed by atoms with E-state index < -0.39 is 0 Å². The van der Waals surface area contributed by atoms with E-state index in [2.05, 4.69) is 36.1 Å². The van der Waals surface area contributed by atoms with Crippen molar-refractivity contribution >= 4 is 0 Å². The molecule has 2 rings (SSSR count). The molecule has 2 saturated heterocycles. The van der Waals surface area contributed by atoms with Gasteiger partial charge in [0.25, 0.3) is 0 Å². The van der Waals surface area contributed by atoms with Crippen molar-refractivity contribution in [3.63, 3.8) is 0 Å². The Labute approximate surface area is 118 Å². The highest BCUT2D eigenvalue weighted by molar-refractivity contribution is 4.81. The number of piperidine rings is 1. The van der Waals surface area contributed by atoms with E-state index in [0.29, 0.717) is 12.1 Å². The van der Waals surface area contributed by atoms with Crippen molar-refractivity contribution in [1.82, 2.24) is 15.1 Å². The lowest BCUT2D eigenvalue weighted by Gasteiger charge is -2.38. The lowest BCUT2D eigenvalue weighted by Crippen LogP contribution is -2.48. The Bertz CT molecular complexity index is 248. The van der Waals surface area contributed by atoms with Crippen molar-refractivity contribution in [3.8, 4) is 0 Å². The van der Waals surface area contributed by atoms with Crippen LogP contribution in [0.3, 0.4) is 0 Å². The van der Waals surface area contributed by atoms with E-state index in [9.17, 15) is 0 Å². The summed E-state index contributed by atoms with van der Waals surface area (Å²) in [7, 11) is 4.51. The quantitative estimate of drug-likeness (QED) is 0.783. The monoisotopic (exact) mass is 269 g/mol. The molecule has 2 aliphatic rings. The fraction of sp³-hybridized carbons (Fsp3) is 1.00. The summed E-state index contributed by atoms with van der Waals surface area (Å²) in [6.07, 6.45) is 5.54. The van der Waals surface area contributed by atoms with E-state index in [1.54, 1.807) is 0 Å². The van der Waals surface area contributed by atoms with Crippen LogP contribution in [0.2, 0.25) is 0 Å². The van der Waals surface area contributed by atoms with Crippen LogP contribution in [0.5, 0.6) is 0 Å². The zero-order valence-corrected chi connectivity index (χ0v) is 12.9. The van der Waals surface area contributed by atoms with E-state index in [1.165, 1.54) is 38.8 Å². The van der Waals surface area contributed by atoms with Crippen LogP contribution in [-0.4, -0.2) is 74.9 Å². The van der Waals surface area contributed by atoms with Gasteiger partial charge in [0.2, 0.25) is 0 Å². The first-order chi connectivity index (χ1) is 9.16. The summed E-state index contributed by atoms with van der Waals surface area (Å²) < 4.78 is 5.64. The predicted molar refractivity (Wildman–Crippen MR) is 79.6 cm³/mol. The van der Waals surface area contributed by atoms with Gasteiger partial charge in [-0.15, -0.1) is 0 Å². The second kappa shape index (κ2) is 7.58. The van der Waals surface area contributed by atoms with Gasteiger partial charge in [-0.05, 0) is 59.8 Å². The van der Waals surface area contributed by atoms with Crippen molar-refractivity contribution in [2.75, 3.05) is 46.9 Å². The summed E-state index contributed by atoms with van der Waals surface area (Å²) >= 11 is 0. The van der Waals surface area contributed by atoms with Crippen LogP contribution in [0.4, 0.5) is 0 Å². The molecule has 2 heterocycles. The molecule has 0 radical (unpaired) electrons. The van der Waals surface area contributed by atoms with Crippen LogP contribution < -0.4 is 5.32 Å². The summed E-state index contributed by atoms with van der Waals surface area (Å²) in [4.78, 5) is 5.00. The van der Waals surface area contributed by atoms with E-state index in [1.807, 2.05) is 0 Å². The number of hydrogen-bond acceptors (Lipinski definition) is 4. The summed E-state index contributed by atoms with van der Waals surface area (Å²) in [5.41, 5.74) is 0. The molecular formula is C15H31N3O. The normalized spacial score (nSPS) is 28.1. The third kappa shape index (κ3) is 4.71. The molecule has 0 spiro atoms. The van der Waals surface area contributed by atoms with Gasteiger partial charge in [0.05, 0.1) is 6.10 Å². The molecule has 1 N–H and O–H groups in total. The number of rotatable bonds is 6. The Kier molecular flexibility index (Phi) is 6.07. The molecule has 4 heteroatoms. The summed E-state index contributed by atoms with van der Waals surface area (Å²) in [6, 6.07) is 1.37. The minimum atomic E-state index is 0.459. The molecule has 112 valence electrons.